The quantitative estimate of drug-likeness (QED) is 0.0672. The molecule has 0 spiro atoms. The summed E-state index contributed by atoms with van der Waals surface area (Å²) < 4.78 is 95.9. The number of benzene rings is 4. The van der Waals surface area contributed by atoms with Gasteiger partial charge in [-0.05, 0) is 139 Å². The van der Waals surface area contributed by atoms with Gasteiger partial charge in [-0.3, -0.25) is 38.4 Å². The molecule has 11 aromatic heterocycles. The molecule has 4 aromatic carbocycles. The summed E-state index contributed by atoms with van der Waals surface area (Å²) in [5, 5.41) is 19.3. The summed E-state index contributed by atoms with van der Waals surface area (Å²) in [4.78, 5) is 129. The van der Waals surface area contributed by atoms with Crippen LogP contribution in [-0.2, 0) is 0 Å². The monoisotopic (exact) mass is 1680 g/mol. The van der Waals surface area contributed by atoms with Crippen molar-refractivity contribution in [1.82, 2.24) is 62.4 Å². The minimum atomic E-state index is -1.49. The second-order valence-electron chi connectivity index (χ2n) is 29.2. The highest BCUT2D eigenvalue weighted by molar-refractivity contribution is 6.34. The van der Waals surface area contributed by atoms with Gasteiger partial charge in [0.25, 0.3) is 0 Å². The molecule has 0 amide bonds. The van der Waals surface area contributed by atoms with Gasteiger partial charge in [-0.1, -0.05) is 42.2 Å². The fourth-order valence-corrected chi connectivity index (χ4v) is 15.9. The number of carbonyl (C=O) groups excluding carboxylic acids is 3. The third-order valence-corrected chi connectivity index (χ3v) is 22.2. The SMILES string of the molecule is C.CC(=O)c1cn(C2CC2)c2c(C)c(-c3cc(Cl)c4ncnn4c3)c(F)cc2c1=O.CC(=O)c1cn(C2CC2)c2c(C)c(-c3cnc4[nH]c(=O)ccc4c3)c(F)cc2c1=O.COc1c(-c2cc(Cl)c3ncnn3c2)c(F)cc2c(=O)c(C(C)=O)cn(C3CC3)c12.COc1c(-c2cnc(N)c(Cl)c2)c(F)cc2c(=O)c(C(=O)O)cn([C@@H]3C[C@@H]3F)c12. The van der Waals surface area contributed by atoms with Gasteiger partial charge in [0.15, 0.2) is 56.4 Å². The Morgan fingerprint density at radius 2 is 0.866 bits per heavy atom. The molecular weight excluding hydrogens is 1610 g/mol. The van der Waals surface area contributed by atoms with Gasteiger partial charge < -0.3 is 43.6 Å². The van der Waals surface area contributed by atoms with E-state index in [0.717, 1.165) is 50.8 Å². The molecule has 11 heterocycles. The number of pyridine rings is 9. The second kappa shape index (κ2) is 31.1. The Labute approximate surface area is 683 Å². The van der Waals surface area contributed by atoms with Crippen molar-refractivity contribution in [2.45, 2.75) is 117 Å². The first-order chi connectivity index (χ1) is 56.3. The highest BCUT2D eigenvalue weighted by atomic mass is 35.5. The van der Waals surface area contributed by atoms with Gasteiger partial charge in [-0.15, -0.1) is 0 Å². The fraction of sp³-hybridized carbons (Fsp3) is 0.235. The van der Waals surface area contributed by atoms with E-state index in [-0.39, 0.29) is 138 Å². The average Bonchev–Trinajstić information content (AvgIpc) is 1.67. The van der Waals surface area contributed by atoms with Gasteiger partial charge in [0.2, 0.25) is 11.0 Å². The van der Waals surface area contributed by atoms with Crippen molar-refractivity contribution in [3.8, 4) is 56.0 Å². The molecule has 0 radical (unpaired) electrons. The second-order valence-corrected chi connectivity index (χ2v) is 30.4. The van der Waals surface area contributed by atoms with Crippen LogP contribution in [-0.4, -0.2) is 111 Å². The number of rotatable bonds is 14. The lowest BCUT2D eigenvalue weighted by molar-refractivity contribution is 0.0693. The molecule has 4 aliphatic carbocycles. The summed E-state index contributed by atoms with van der Waals surface area (Å²) in [5.74, 6) is -4.90. The molecule has 4 saturated carbocycles. The predicted octanol–water partition coefficient (Wildman–Crippen LogP) is 16.4. The number of ether oxygens (including phenoxy) is 2. The molecule has 2 atom stereocenters. The molecule has 4 aliphatic rings. The van der Waals surface area contributed by atoms with E-state index < -0.39 is 68.7 Å². The number of aromatic nitrogens is 13. The minimum absolute atomic E-state index is 0. The van der Waals surface area contributed by atoms with E-state index in [1.807, 2.05) is 13.7 Å². The van der Waals surface area contributed by atoms with E-state index in [0.29, 0.717) is 87.9 Å². The van der Waals surface area contributed by atoms with E-state index >= 15 is 17.6 Å². The molecule has 0 bridgehead atoms. The van der Waals surface area contributed by atoms with Crippen LogP contribution in [0.3, 0.4) is 0 Å². The van der Waals surface area contributed by atoms with E-state index in [9.17, 15) is 52.6 Å². The Morgan fingerprint density at radius 1 is 0.496 bits per heavy atom. The molecule has 0 saturated heterocycles. The molecule has 0 aliphatic heterocycles. The first kappa shape index (κ1) is 81.0. The number of nitrogen functional groups attached to an aromatic ring is 1. The number of nitrogens with one attached hydrogen (secondary N) is 1. The topological polar surface area (TPSA) is 340 Å². The molecule has 19 rings (SSSR count). The Morgan fingerprint density at radius 3 is 1.29 bits per heavy atom. The predicted molar refractivity (Wildman–Crippen MR) is 440 cm³/mol. The molecule has 15 aromatic rings. The van der Waals surface area contributed by atoms with Gasteiger partial charge in [0.05, 0.1) is 96.0 Å². The maximum absolute atomic E-state index is 15.4. The van der Waals surface area contributed by atoms with Gasteiger partial charge >= 0.3 is 5.97 Å². The van der Waals surface area contributed by atoms with Crippen LogP contribution in [0, 0.1) is 37.1 Å². The van der Waals surface area contributed by atoms with Crippen molar-refractivity contribution in [2.75, 3.05) is 20.0 Å². The number of aromatic amines is 1. The number of H-pyrrole nitrogens is 1. The maximum atomic E-state index is 15.4. The summed E-state index contributed by atoms with van der Waals surface area (Å²) in [6, 6.07) is 13.8. The summed E-state index contributed by atoms with van der Waals surface area (Å²) in [7, 11) is 2.69. The van der Waals surface area contributed by atoms with E-state index in [2.05, 4.69) is 35.1 Å². The zero-order chi connectivity index (χ0) is 83.8. The lowest BCUT2D eigenvalue weighted by atomic mass is 9.96. The summed E-state index contributed by atoms with van der Waals surface area (Å²) in [6.45, 7) is 7.60. The maximum Gasteiger partial charge on any atom is 0.341 e. The zero-order valence-electron chi connectivity index (χ0n) is 63.3. The fourth-order valence-electron chi connectivity index (χ4n) is 15.2. The summed E-state index contributed by atoms with van der Waals surface area (Å²) in [5.41, 5.74) is 9.68. The molecule has 4 fully saturated rings. The molecule has 26 nitrogen and oxygen atoms in total. The molecule has 34 heteroatoms. The zero-order valence-corrected chi connectivity index (χ0v) is 65.6. The number of hydrogen-bond donors (Lipinski definition) is 3. The van der Waals surface area contributed by atoms with Crippen LogP contribution >= 0.6 is 34.8 Å². The Hall–Kier alpha value is -13.1. The molecule has 119 heavy (non-hydrogen) atoms. The number of alkyl halides is 1. The van der Waals surface area contributed by atoms with Crippen LogP contribution in [0.5, 0.6) is 11.5 Å². The van der Waals surface area contributed by atoms with Crippen molar-refractivity contribution in [3.05, 3.63) is 246 Å². The third kappa shape index (κ3) is 14.5. The first-order valence-corrected chi connectivity index (χ1v) is 38.0. The van der Waals surface area contributed by atoms with Gasteiger partial charge in [-0.25, -0.2) is 55.7 Å². The minimum Gasteiger partial charge on any atom is -0.494 e. The number of ketones is 3. The normalized spacial score (nSPS) is 14.8. The van der Waals surface area contributed by atoms with Crippen LogP contribution in [0.25, 0.3) is 110 Å². The molecule has 0 unspecified atom stereocenters. The third-order valence-electron chi connectivity index (χ3n) is 21.4. The van der Waals surface area contributed by atoms with Gasteiger partial charge in [-0.2, -0.15) is 10.2 Å². The number of aromatic carboxylic acids is 1. The number of nitrogens with zero attached hydrogens (tertiary/aromatic N) is 12. The molecular formula is C85H68Cl3F5N14O12. The van der Waals surface area contributed by atoms with Crippen LogP contribution in [0.2, 0.25) is 15.1 Å². The Bertz CT molecular complexity index is 7270. The van der Waals surface area contributed by atoms with Crippen molar-refractivity contribution < 1.29 is 55.7 Å². The summed E-state index contributed by atoms with van der Waals surface area (Å²) in [6.07, 6.45) is 19.2. The Balaban J connectivity index is 0.000000124. The van der Waals surface area contributed by atoms with E-state index in [1.54, 1.807) is 69.1 Å². The highest BCUT2D eigenvalue weighted by Gasteiger charge is 2.42. The molecule has 606 valence electrons. The van der Waals surface area contributed by atoms with Crippen LogP contribution in [0.4, 0.5) is 27.8 Å². The Kier molecular flexibility index (Phi) is 21.1. The number of Topliss-reactive ketones (excluding diaryl/α,β-unsaturated/α-hetero) is 3. The largest absolute Gasteiger partial charge is 0.494 e. The van der Waals surface area contributed by atoms with Crippen LogP contribution in [0.1, 0.15) is 150 Å². The number of fused-ring (bicyclic) bond motifs is 7. The van der Waals surface area contributed by atoms with Crippen molar-refractivity contribution in [1.29, 1.82) is 0 Å². The van der Waals surface area contributed by atoms with Gasteiger partial charge in [0, 0.05) is 130 Å². The number of halogens is 8. The van der Waals surface area contributed by atoms with E-state index in [4.69, 9.17) is 50.0 Å². The first-order valence-electron chi connectivity index (χ1n) is 36.8. The number of carboxylic acid groups (broad SMARTS) is 1. The number of carboxylic acids is 1. The van der Waals surface area contributed by atoms with Crippen molar-refractivity contribution >= 4 is 130 Å². The smallest absolute Gasteiger partial charge is 0.341 e. The standard InChI is InChI=1S/C23H18FN3O3.C21H16ClFN4O3.C21H16ClFN4O2.C19H14ClF2N3O4.CH4/c1-11-20(14-7-13-3-6-19(29)26-23(13)25-9-14)18(24)8-16-21(11)27(15-4-5-15)10-17(12(2)28)22(16)30;1-10(28)14-8-26(12-3-4-12)18-13(19(14)29)6-16(23)17(20(18)30-2)11-5-15(22)21-24-9-25-27(21)7-11;1-10-18(12-5-16(22)21-24-9-25-27(21)7-12)17(23)6-14-19(10)26(13-3-4-13)8-15(11(2)28)20(14)29;1-29-17-14(7-2-10(20)18(23)24-5-7)12(22)3-8-15(17)25(13-4-11(13)21)6-9(16(8)26)19(27)28;/h3,6-10,15H,4-5H2,1-2H3,(H,25,26,29);5-9,12H,3-4H2,1-2H3;5-9,13H,3-4H2,1-2H3;2-3,5-6,11,13H,4H2,1H3,(H2,23,24)(H,27,28);1H4/t;;;11-,13+;/m...0./s1. The number of nitrogens with two attached hydrogens (primary N) is 1. The number of carbonyl (C=O) groups is 4. The number of anilines is 1. The van der Waals surface area contributed by atoms with E-state index in [1.165, 1.54) is 104 Å². The average molecular weight is 1680 g/mol. The van der Waals surface area contributed by atoms with Crippen LogP contribution < -0.4 is 42.5 Å². The van der Waals surface area contributed by atoms with Crippen LogP contribution in [0.15, 0.2) is 147 Å². The lowest BCUT2D eigenvalue weighted by Crippen LogP contribution is -2.20. The number of methoxy groups -OCH3 is 2. The lowest BCUT2D eigenvalue weighted by Gasteiger charge is -2.18. The van der Waals surface area contributed by atoms with Crippen molar-refractivity contribution in [2.24, 2.45) is 0 Å². The number of hydrogen-bond acceptors (Lipinski definition) is 18. The van der Waals surface area contributed by atoms with Crippen molar-refractivity contribution in [3.63, 3.8) is 0 Å². The number of aryl methyl sites for hydroxylation is 2. The van der Waals surface area contributed by atoms with Gasteiger partial charge in [0.1, 0.15) is 59.1 Å². The summed E-state index contributed by atoms with van der Waals surface area (Å²) >= 11 is 18.6. The highest BCUT2D eigenvalue weighted by Crippen LogP contribution is 2.49. The molecule has 4 N–H and O–H groups in total.